The molecule has 2 heterocycles. The SMILES string of the molecule is CC(=O)SC1CC(=O)N(c2cc(-c3ccc(F)cc3)[nH]n2)C1. The summed E-state index contributed by atoms with van der Waals surface area (Å²) in [6, 6.07) is 7.79. The van der Waals surface area contributed by atoms with Crippen LogP contribution in [-0.2, 0) is 9.59 Å². The molecular weight excluding hydrogens is 305 g/mol. The minimum atomic E-state index is -0.303. The van der Waals surface area contributed by atoms with Crippen LogP contribution >= 0.6 is 11.8 Å². The van der Waals surface area contributed by atoms with Crippen molar-refractivity contribution in [2.24, 2.45) is 0 Å². The van der Waals surface area contributed by atoms with Crippen LogP contribution in [0.4, 0.5) is 10.2 Å². The van der Waals surface area contributed by atoms with Crippen LogP contribution < -0.4 is 4.90 Å². The molecule has 0 bridgehead atoms. The Morgan fingerprint density at radius 2 is 2.14 bits per heavy atom. The van der Waals surface area contributed by atoms with Crippen LogP contribution in [0, 0.1) is 5.82 Å². The molecule has 2 aromatic rings. The second kappa shape index (κ2) is 5.92. The summed E-state index contributed by atoms with van der Waals surface area (Å²) in [5.41, 5.74) is 1.51. The molecule has 114 valence electrons. The number of thioether (sulfide) groups is 1. The lowest BCUT2D eigenvalue weighted by Gasteiger charge is -2.12. The number of H-pyrrole nitrogens is 1. The molecule has 0 radical (unpaired) electrons. The fourth-order valence-corrected chi connectivity index (χ4v) is 3.36. The number of nitrogens with zero attached hydrogens (tertiary/aromatic N) is 2. The first kappa shape index (κ1) is 14.8. The van der Waals surface area contributed by atoms with E-state index in [4.69, 9.17) is 0 Å². The third kappa shape index (κ3) is 3.04. The molecule has 1 amide bonds. The molecule has 5 nitrogen and oxygen atoms in total. The molecule has 1 fully saturated rings. The Labute approximate surface area is 130 Å². The first-order valence-electron chi connectivity index (χ1n) is 6.82. The molecule has 22 heavy (non-hydrogen) atoms. The number of benzene rings is 1. The Bertz CT molecular complexity index is 714. The number of carbonyl (C=O) groups is 2. The van der Waals surface area contributed by atoms with Crippen LogP contribution in [0.15, 0.2) is 30.3 Å². The van der Waals surface area contributed by atoms with Crippen LogP contribution in [0.25, 0.3) is 11.3 Å². The van der Waals surface area contributed by atoms with E-state index in [1.54, 1.807) is 23.1 Å². The average Bonchev–Trinajstić information content (AvgIpc) is 3.06. The number of nitrogens with one attached hydrogen (secondary N) is 1. The lowest BCUT2D eigenvalue weighted by atomic mass is 10.1. The van der Waals surface area contributed by atoms with Gasteiger partial charge < -0.3 is 0 Å². The Kier molecular flexibility index (Phi) is 3.98. The highest BCUT2D eigenvalue weighted by Crippen LogP contribution is 2.29. The van der Waals surface area contributed by atoms with E-state index in [1.165, 1.54) is 30.8 Å². The monoisotopic (exact) mass is 319 g/mol. The first-order chi connectivity index (χ1) is 10.5. The number of halogens is 1. The lowest BCUT2D eigenvalue weighted by molar-refractivity contribution is -0.117. The van der Waals surface area contributed by atoms with Gasteiger partial charge in [0, 0.05) is 31.2 Å². The minimum absolute atomic E-state index is 0.00804. The number of carbonyl (C=O) groups excluding carboxylic acids is 2. The van der Waals surface area contributed by atoms with Crippen molar-refractivity contribution in [2.45, 2.75) is 18.6 Å². The third-order valence-corrected chi connectivity index (χ3v) is 4.40. The smallest absolute Gasteiger partial charge is 0.229 e. The highest BCUT2D eigenvalue weighted by atomic mass is 32.2. The zero-order chi connectivity index (χ0) is 15.7. The van der Waals surface area contributed by atoms with Gasteiger partial charge in [0.25, 0.3) is 0 Å². The molecule has 0 aliphatic carbocycles. The predicted molar refractivity (Wildman–Crippen MR) is 83.0 cm³/mol. The molecule has 1 saturated heterocycles. The molecule has 1 aliphatic heterocycles. The van der Waals surface area contributed by atoms with Crippen molar-refractivity contribution < 1.29 is 14.0 Å². The van der Waals surface area contributed by atoms with Crippen LogP contribution in [0.1, 0.15) is 13.3 Å². The molecule has 0 saturated carbocycles. The molecule has 3 rings (SSSR count). The van der Waals surface area contributed by atoms with Gasteiger partial charge in [0.05, 0.1) is 5.69 Å². The van der Waals surface area contributed by atoms with Gasteiger partial charge in [0.15, 0.2) is 10.9 Å². The molecule has 1 atom stereocenters. The molecule has 1 aliphatic rings. The van der Waals surface area contributed by atoms with Gasteiger partial charge in [-0.05, 0) is 29.8 Å². The van der Waals surface area contributed by atoms with Crippen LogP contribution in [0.5, 0.6) is 0 Å². The summed E-state index contributed by atoms with van der Waals surface area (Å²) in [6.45, 7) is 1.97. The number of aromatic nitrogens is 2. The normalized spacial score (nSPS) is 18.0. The maximum atomic E-state index is 12.9. The van der Waals surface area contributed by atoms with Gasteiger partial charge in [-0.1, -0.05) is 11.8 Å². The van der Waals surface area contributed by atoms with Crippen molar-refractivity contribution in [3.8, 4) is 11.3 Å². The summed E-state index contributed by atoms with van der Waals surface area (Å²) in [5.74, 6) is 0.175. The maximum Gasteiger partial charge on any atom is 0.229 e. The van der Waals surface area contributed by atoms with E-state index in [-0.39, 0.29) is 22.1 Å². The largest absolute Gasteiger partial charge is 0.294 e. The fourth-order valence-electron chi connectivity index (χ4n) is 2.44. The number of anilines is 1. The van der Waals surface area contributed by atoms with Crippen LogP contribution in [0.3, 0.4) is 0 Å². The van der Waals surface area contributed by atoms with Crippen LogP contribution in [0.2, 0.25) is 0 Å². The van der Waals surface area contributed by atoms with E-state index < -0.39 is 0 Å². The molecule has 1 aromatic carbocycles. The van der Waals surface area contributed by atoms with Crippen molar-refractivity contribution in [3.05, 3.63) is 36.1 Å². The molecule has 1 aromatic heterocycles. The van der Waals surface area contributed by atoms with E-state index in [0.717, 1.165) is 5.56 Å². The summed E-state index contributed by atoms with van der Waals surface area (Å²) in [4.78, 5) is 24.8. The van der Waals surface area contributed by atoms with E-state index in [2.05, 4.69) is 10.2 Å². The van der Waals surface area contributed by atoms with E-state index in [9.17, 15) is 14.0 Å². The highest BCUT2D eigenvalue weighted by Gasteiger charge is 2.33. The lowest BCUT2D eigenvalue weighted by Crippen LogP contribution is -2.25. The number of amides is 1. The summed E-state index contributed by atoms with van der Waals surface area (Å²) >= 11 is 1.19. The van der Waals surface area contributed by atoms with Gasteiger partial charge in [-0.15, -0.1) is 0 Å². The topological polar surface area (TPSA) is 66.1 Å². The second-order valence-corrected chi connectivity index (χ2v) is 6.56. The van der Waals surface area contributed by atoms with Crippen molar-refractivity contribution >= 4 is 28.6 Å². The Morgan fingerprint density at radius 3 is 2.82 bits per heavy atom. The number of hydrogen-bond acceptors (Lipinski definition) is 4. The van der Waals surface area contributed by atoms with Gasteiger partial charge in [0.2, 0.25) is 5.91 Å². The van der Waals surface area contributed by atoms with E-state index in [0.29, 0.717) is 24.5 Å². The predicted octanol–water partition coefficient (Wildman–Crippen LogP) is 2.60. The summed E-state index contributed by atoms with van der Waals surface area (Å²) in [7, 11) is 0. The van der Waals surface area contributed by atoms with Crippen LogP contribution in [-0.4, -0.2) is 33.0 Å². The Hall–Kier alpha value is -2.15. The summed E-state index contributed by atoms with van der Waals surface area (Å²) in [6.07, 6.45) is 0.336. The van der Waals surface area contributed by atoms with Crippen molar-refractivity contribution in [1.29, 1.82) is 0 Å². The molecule has 1 unspecified atom stereocenters. The standard InChI is InChI=1S/C15H14FN3O2S/c1-9(20)22-12-6-15(21)19(8-12)14-7-13(17-18-14)10-2-4-11(16)5-3-10/h2-5,7,12H,6,8H2,1H3,(H,17,18). The third-order valence-electron chi connectivity index (χ3n) is 3.42. The van der Waals surface area contributed by atoms with Crippen molar-refractivity contribution in [1.82, 2.24) is 10.2 Å². The van der Waals surface area contributed by atoms with Gasteiger partial charge in [-0.3, -0.25) is 19.6 Å². The van der Waals surface area contributed by atoms with Gasteiger partial charge in [-0.25, -0.2) is 4.39 Å². The second-order valence-electron chi connectivity index (χ2n) is 5.09. The summed E-state index contributed by atoms with van der Waals surface area (Å²) < 4.78 is 12.9. The quantitative estimate of drug-likeness (QED) is 0.944. The zero-order valence-electron chi connectivity index (χ0n) is 11.9. The van der Waals surface area contributed by atoms with Gasteiger partial charge in [-0.2, -0.15) is 5.10 Å². The number of aromatic amines is 1. The Morgan fingerprint density at radius 1 is 1.41 bits per heavy atom. The summed E-state index contributed by atoms with van der Waals surface area (Å²) in [5, 5.41) is 6.98. The number of rotatable bonds is 3. The molecule has 0 spiro atoms. The average molecular weight is 319 g/mol. The van der Waals surface area contributed by atoms with E-state index in [1.807, 2.05) is 0 Å². The molecule has 1 N–H and O–H groups in total. The van der Waals surface area contributed by atoms with E-state index >= 15 is 0 Å². The molecular formula is C15H14FN3O2S. The highest BCUT2D eigenvalue weighted by molar-refractivity contribution is 8.14. The first-order valence-corrected chi connectivity index (χ1v) is 7.70. The van der Waals surface area contributed by atoms with Crippen molar-refractivity contribution in [3.63, 3.8) is 0 Å². The number of hydrogen-bond donors (Lipinski definition) is 1. The zero-order valence-corrected chi connectivity index (χ0v) is 12.7. The fraction of sp³-hybridized carbons (Fsp3) is 0.267. The van der Waals surface area contributed by atoms with Gasteiger partial charge in [0.1, 0.15) is 5.82 Å². The maximum absolute atomic E-state index is 12.9. The minimum Gasteiger partial charge on any atom is -0.294 e. The van der Waals surface area contributed by atoms with Crippen molar-refractivity contribution in [2.75, 3.05) is 11.4 Å². The van der Waals surface area contributed by atoms with Gasteiger partial charge >= 0.3 is 0 Å². The molecule has 7 heteroatoms. The Balaban J connectivity index is 1.77.